The van der Waals surface area contributed by atoms with E-state index >= 15 is 0 Å². The molecule has 0 saturated carbocycles. The van der Waals surface area contributed by atoms with Gasteiger partial charge in [-0.25, -0.2) is 4.98 Å². The lowest BCUT2D eigenvalue weighted by Crippen LogP contribution is -2.08. The number of nitrogens with zero attached hydrogens (tertiary/aromatic N) is 1. The van der Waals surface area contributed by atoms with Crippen molar-refractivity contribution in [2.75, 3.05) is 14.2 Å². The van der Waals surface area contributed by atoms with Gasteiger partial charge in [0.15, 0.2) is 12.6 Å². The summed E-state index contributed by atoms with van der Waals surface area (Å²) in [6, 6.07) is 1.55. The van der Waals surface area contributed by atoms with Crippen molar-refractivity contribution in [3.63, 3.8) is 0 Å². The molecule has 0 aromatic carbocycles. The number of carbonyl (C=O) groups is 1. The highest BCUT2D eigenvalue weighted by molar-refractivity contribution is 6.30. The zero-order valence-corrected chi connectivity index (χ0v) is 8.62. The zero-order chi connectivity index (χ0) is 10.6. The number of aldehydes is 1. The summed E-state index contributed by atoms with van der Waals surface area (Å²) < 4.78 is 10.0. The van der Waals surface area contributed by atoms with Crippen LogP contribution < -0.4 is 0 Å². The van der Waals surface area contributed by atoms with E-state index in [-0.39, 0.29) is 5.15 Å². The van der Waals surface area contributed by atoms with Crippen molar-refractivity contribution >= 4 is 17.9 Å². The Kier molecular flexibility index (Phi) is 4.00. The molecule has 0 atom stereocenters. The van der Waals surface area contributed by atoms with Gasteiger partial charge < -0.3 is 9.47 Å². The number of halogens is 1. The van der Waals surface area contributed by atoms with Gasteiger partial charge in [0.25, 0.3) is 0 Å². The van der Waals surface area contributed by atoms with Crippen molar-refractivity contribution in [3.05, 3.63) is 28.5 Å². The Morgan fingerprint density at radius 2 is 2.14 bits per heavy atom. The molecule has 14 heavy (non-hydrogen) atoms. The Labute approximate surface area is 86.8 Å². The molecule has 0 saturated heterocycles. The van der Waals surface area contributed by atoms with Crippen molar-refractivity contribution in [1.29, 1.82) is 0 Å². The summed E-state index contributed by atoms with van der Waals surface area (Å²) in [5.41, 5.74) is 0.868. The molecular weight excluding hydrogens is 206 g/mol. The third-order valence-corrected chi connectivity index (χ3v) is 2.07. The largest absolute Gasteiger partial charge is 0.352 e. The number of ether oxygens (including phenoxy) is 2. The standard InChI is InChI=1S/C9H10ClNO3/c1-13-9(14-2)7-6(5-12)3-4-11-8(7)10/h3-5,9H,1-2H3. The minimum atomic E-state index is -0.670. The normalized spacial score (nSPS) is 10.6. The van der Waals surface area contributed by atoms with E-state index < -0.39 is 6.29 Å². The summed E-state index contributed by atoms with van der Waals surface area (Å²) >= 11 is 5.83. The molecule has 0 spiro atoms. The Morgan fingerprint density at radius 1 is 1.50 bits per heavy atom. The van der Waals surface area contributed by atoms with Crippen LogP contribution in [0.1, 0.15) is 22.2 Å². The van der Waals surface area contributed by atoms with Gasteiger partial charge in [-0.3, -0.25) is 4.79 Å². The monoisotopic (exact) mass is 215 g/mol. The summed E-state index contributed by atoms with van der Waals surface area (Å²) in [6.45, 7) is 0. The molecule has 1 rings (SSSR count). The number of hydrogen-bond acceptors (Lipinski definition) is 4. The van der Waals surface area contributed by atoms with E-state index in [4.69, 9.17) is 21.1 Å². The van der Waals surface area contributed by atoms with Gasteiger partial charge in [-0.15, -0.1) is 0 Å². The number of pyridine rings is 1. The van der Waals surface area contributed by atoms with Gasteiger partial charge in [-0.05, 0) is 6.07 Å². The van der Waals surface area contributed by atoms with Crippen molar-refractivity contribution in [3.8, 4) is 0 Å². The summed E-state index contributed by atoms with van der Waals surface area (Å²) in [4.78, 5) is 14.6. The molecule has 0 fully saturated rings. The first-order valence-corrected chi connectivity index (χ1v) is 4.27. The Balaban J connectivity index is 3.21. The second kappa shape index (κ2) is 5.05. The van der Waals surface area contributed by atoms with Crippen LogP contribution in [-0.2, 0) is 9.47 Å². The average molecular weight is 216 g/mol. The zero-order valence-electron chi connectivity index (χ0n) is 7.86. The van der Waals surface area contributed by atoms with Crippen molar-refractivity contribution < 1.29 is 14.3 Å². The van der Waals surface area contributed by atoms with E-state index in [1.54, 1.807) is 6.07 Å². The molecule has 76 valence electrons. The number of carbonyl (C=O) groups excluding carboxylic acids is 1. The molecule has 0 aliphatic carbocycles. The number of hydrogen-bond donors (Lipinski definition) is 0. The SMILES string of the molecule is COC(OC)c1c(C=O)ccnc1Cl. The van der Waals surface area contributed by atoms with Crippen LogP contribution in [0.15, 0.2) is 12.3 Å². The fourth-order valence-electron chi connectivity index (χ4n) is 1.13. The average Bonchev–Trinajstić information content (AvgIpc) is 2.22. The first-order chi connectivity index (χ1) is 6.74. The van der Waals surface area contributed by atoms with E-state index in [2.05, 4.69) is 4.98 Å². The van der Waals surface area contributed by atoms with Crippen molar-refractivity contribution in [2.45, 2.75) is 6.29 Å². The molecule has 0 unspecified atom stereocenters. The maximum atomic E-state index is 10.7. The van der Waals surface area contributed by atoms with Gasteiger partial charge in [-0.2, -0.15) is 0 Å². The van der Waals surface area contributed by atoms with E-state index in [1.165, 1.54) is 20.4 Å². The molecule has 1 aromatic heterocycles. The maximum Gasteiger partial charge on any atom is 0.186 e. The van der Waals surface area contributed by atoms with Gasteiger partial charge in [0.05, 0.1) is 5.56 Å². The summed E-state index contributed by atoms with van der Waals surface area (Å²) in [5, 5.41) is 0.211. The van der Waals surface area contributed by atoms with Crippen LogP contribution in [0.3, 0.4) is 0 Å². The number of aromatic nitrogens is 1. The molecule has 0 N–H and O–H groups in total. The molecule has 0 amide bonds. The van der Waals surface area contributed by atoms with Gasteiger partial charge in [-0.1, -0.05) is 11.6 Å². The second-order valence-electron chi connectivity index (χ2n) is 2.53. The van der Waals surface area contributed by atoms with Crippen LogP contribution in [0, 0.1) is 0 Å². The molecule has 1 aromatic rings. The third kappa shape index (κ3) is 2.09. The van der Waals surface area contributed by atoms with Crippen molar-refractivity contribution in [2.24, 2.45) is 0 Å². The number of rotatable bonds is 4. The van der Waals surface area contributed by atoms with E-state index in [9.17, 15) is 4.79 Å². The fraction of sp³-hybridized carbons (Fsp3) is 0.333. The lowest BCUT2D eigenvalue weighted by molar-refractivity contribution is -0.106. The van der Waals surface area contributed by atoms with E-state index in [0.29, 0.717) is 17.4 Å². The summed E-state index contributed by atoms with van der Waals surface area (Å²) in [6.07, 6.45) is 1.47. The highest BCUT2D eigenvalue weighted by Crippen LogP contribution is 2.26. The van der Waals surface area contributed by atoms with Crippen molar-refractivity contribution in [1.82, 2.24) is 4.98 Å². The van der Waals surface area contributed by atoms with Crippen LogP contribution in [0.2, 0.25) is 5.15 Å². The highest BCUT2D eigenvalue weighted by Gasteiger charge is 2.18. The van der Waals surface area contributed by atoms with Gasteiger partial charge in [0.1, 0.15) is 5.15 Å². The topological polar surface area (TPSA) is 48.4 Å². The van der Waals surface area contributed by atoms with Gasteiger partial charge in [0.2, 0.25) is 0 Å². The Bertz CT molecular complexity index is 326. The molecule has 4 nitrogen and oxygen atoms in total. The Morgan fingerprint density at radius 3 is 2.64 bits per heavy atom. The molecule has 5 heteroatoms. The maximum absolute atomic E-state index is 10.7. The van der Waals surface area contributed by atoms with E-state index in [1.807, 2.05) is 0 Å². The first kappa shape index (κ1) is 11.1. The van der Waals surface area contributed by atoms with Gasteiger partial charge >= 0.3 is 0 Å². The molecule has 1 heterocycles. The molecule has 0 aliphatic heterocycles. The lowest BCUT2D eigenvalue weighted by Gasteiger charge is -2.15. The lowest BCUT2D eigenvalue weighted by atomic mass is 10.1. The van der Waals surface area contributed by atoms with E-state index in [0.717, 1.165) is 0 Å². The molecule has 0 bridgehead atoms. The van der Waals surface area contributed by atoms with Crippen LogP contribution >= 0.6 is 11.6 Å². The van der Waals surface area contributed by atoms with Crippen LogP contribution in [0.4, 0.5) is 0 Å². The van der Waals surface area contributed by atoms with Crippen LogP contribution in [0.25, 0.3) is 0 Å². The number of methoxy groups -OCH3 is 2. The second-order valence-corrected chi connectivity index (χ2v) is 2.88. The highest BCUT2D eigenvalue weighted by atomic mass is 35.5. The minimum absolute atomic E-state index is 0.211. The van der Waals surface area contributed by atoms with Gasteiger partial charge in [0, 0.05) is 26.0 Å². The smallest absolute Gasteiger partial charge is 0.186 e. The molecule has 0 radical (unpaired) electrons. The van der Waals surface area contributed by atoms with Crippen LogP contribution in [-0.4, -0.2) is 25.5 Å². The summed E-state index contributed by atoms with van der Waals surface area (Å²) in [7, 11) is 2.93. The Hall–Kier alpha value is -0.970. The minimum Gasteiger partial charge on any atom is -0.352 e. The van der Waals surface area contributed by atoms with Crippen LogP contribution in [0.5, 0.6) is 0 Å². The predicted octanol–water partition coefficient (Wildman–Crippen LogP) is 1.84. The summed E-state index contributed by atoms with van der Waals surface area (Å²) in [5.74, 6) is 0. The fourth-order valence-corrected chi connectivity index (χ4v) is 1.38. The predicted molar refractivity (Wildman–Crippen MR) is 51.4 cm³/mol. The molecular formula is C9H10ClNO3. The third-order valence-electron chi connectivity index (χ3n) is 1.77. The first-order valence-electron chi connectivity index (χ1n) is 3.89. The molecule has 0 aliphatic rings. The quantitative estimate of drug-likeness (QED) is 0.437.